The molecule has 3 aromatic rings. The molecule has 2 amide bonds. The summed E-state index contributed by atoms with van der Waals surface area (Å²) in [6.07, 6.45) is -4.40. The van der Waals surface area contributed by atoms with Crippen LogP contribution in [0.5, 0.6) is 0 Å². The van der Waals surface area contributed by atoms with Crippen LogP contribution in [0, 0.1) is 0 Å². The number of hydrogen-bond donors (Lipinski definition) is 2. The molecule has 0 saturated carbocycles. The summed E-state index contributed by atoms with van der Waals surface area (Å²) in [5, 5.41) is 9.26. The highest BCUT2D eigenvalue weighted by Crippen LogP contribution is 2.31. The van der Waals surface area contributed by atoms with Gasteiger partial charge in [0, 0.05) is 22.9 Å². The number of benzene rings is 2. The first kappa shape index (κ1) is 19.4. The summed E-state index contributed by atoms with van der Waals surface area (Å²) < 4.78 is 43.1. The second-order valence-electron chi connectivity index (χ2n) is 6.33. The van der Waals surface area contributed by atoms with Crippen molar-refractivity contribution in [3.63, 3.8) is 0 Å². The molecule has 28 heavy (non-hydrogen) atoms. The highest BCUT2D eigenvalue weighted by Gasteiger charge is 2.30. The number of hydrogen-bond acceptors (Lipinski definition) is 4. The summed E-state index contributed by atoms with van der Waals surface area (Å²) in [7, 11) is 0. The average molecular weight is 390 g/mol. The van der Waals surface area contributed by atoms with Gasteiger partial charge in [-0.05, 0) is 62.4 Å². The monoisotopic (exact) mass is 390 g/mol. The van der Waals surface area contributed by atoms with Crippen LogP contribution in [0.4, 0.5) is 23.7 Å². The van der Waals surface area contributed by atoms with Gasteiger partial charge in [0.05, 0.1) is 5.56 Å². The number of nitrogens with one attached hydrogen (secondary N) is 2. The van der Waals surface area contributed by atoms with Crippen molar-refractivity contribution in [3.05, 3.63) is 54.1 Å². The lowest BCUT2D eigenvalue weighted by Crippen LogP contribution is -2.34. The molecule has 9 heteroatoms. The first-order valence-electron chi connectivity index (χ1n) is 8.41. The fraction of sp³-hybridized carbons (Fsp3) is 0.211. The zero-order valence-corrected chi connectivity index (χ0v) is 15.0. The number of alkyl halides is 3. The number of carbonyl (C=O) groups is 1. The number of halogens is 3. The van der Waals surface area contributed by atoms with Crippen molar-refractivity contribution in [3.8, 4) is 22.8 Å². The number of rotatable bonds is 4. The van der Waals surface area contributed by atoms with E-state index in [4.69, 9.17) is 4.52 Å². The number of amides is 2. The van der Waals surface area contributed by atoms with Crippen LogP contribution in [-0.4, -0.2) is 22.2 Å². The molecule has 3 rings (SSSR count). The summed E-state index contributed by atoms with van der Waals surface area (Å²) in [4.78, 5) is 15.9. The molecule has 2 N–H and O–H groups in total. The quantitative estimate of drug-likeness (QED) is 0.660. The largest absolute Gasteiger partial charge is 0.416 e. The molecule has 1 aromatic heterocycles. The van der Waals surface area contributed by atoms with Crippen molar-refractivity contribution < 1.29 is 22.5 Å². The van der Waals surface area contributed by atoms with Crippen LogP contribution in [0.2, 0.25) is 0 Å². The van der Waals surface area contributed by atoms with Gasteiger partial charge >= 0.3 is 12.2 Å². The van der Waals surface area contributed by atoms with Gasteiger partial charge in [-0.1, -0.05) is 5.16 Å². The molecule has 0 aliphatic rings. The summed E-state index contributed by atoms with van der Waals surface area (Å²) >= 11 is 0. The number of nitrogens with zero attached hydrogens (tertiary/aromatic N) is 2. The maximum atomic E-state index is 12.6. The van der Waals surface area contributed by atoms with E-state index in [1.165, 1.54) is 12.1 Å². The summed E-state index contributed by atoms with van der Waals surface area (Å²) in [6, 6.07) is 10.9. The lowest BCUT2D eigenvalue weighted by Gasteiger charge is -2.10. The Hall–Kier alpha value is -3.36. The molecule has 0 unspecified atom stereocenters. The number of urea groups is 1. The lowest BCUT2D eigenvalue weighted by atomic mass is 10.1. The third kappa shape index (κ3) is 4.67. The molecular formula is C19H17F3N4O2. The molecule has 1 heterocycles. The van der Waals surface area contributed by atoms with Crippen LogP contribution in [-0.2, 0) is 6.18 Å². The van der Waals surface area contributed by atoms with Crippen LogP contribution in [0.3, 0.4) is 0 Å². The highest BCUT2D eigenvalue weighted by molar-refractivity contribution is 5.89. The van der Waals surface area contributed by atoms with Gasteiger partial charge in [-0.2, -0.15) is 18.2 Å². The smallest absolute Gasteiger partial charge is 0.336 e. The Morgan fingerprint density at radius 3 is 2.18 bits per heavy atom. The number of aromatic nitrogens is 2. The van der Waals surface area contributed by atoms with E-state index in [1.807, 2.05) is 13.8 Å². The van der Waals surface area contributed by atoms with Crippen molar-refractivity contribution in [1.29, 1.82) is 0 Å². The van der Waals surface area contributed by atoms with Gasteiger partial charge in [-0.15, -0.1) is 0 Å². The fourth-order valence-electron chi connectivity index (χ4n) is 2.39. The molecule has 0 radical (unpaired) electrons. The minimum Gasteiger partial charge on any atom is -0.336 e. The van der Waals surface area contributed by atoms with E-state index in [1.54, 1.807) is 24.3 Å². The van der Waals surface area contributed by atoms with Crippen molar-refractivity contribution in [2.45, 2.75) is 26.1 Å². The molecule has 0 bridgehead atoms. The Morgan fingerprint density at radius 1 is 1.00 bits per heavy atom. The zero-order valence-electron chi connectivity index (χ0n) is 15.0. The van der Waals surface area contributed by atoms with E-state index in [0.717, 1.165) is 12.1 Å². The molecule has 0 spiro atoms. The summed E-state index contributed by atoms with van der Waals surface area (Å²) in [5.74, 6) is 0.398. The van der Waals surface area contributed by atoms with Crippen LogP contribution >= 0.6 is 0 Å². The van der Waals surface area contributed by atoms with E-state index in [-0.39, 0.29) is 23.8 Å². The van der Waals surface area contributed by atoms with Gasteiger partial charge in [0.1, 0.15) is 0 Å². The third-order valence-corrected chi connectivity index (χ3v) is 3.71. The molecular weight excluding hydrogens is 373 g/mol. The van der Waals surface area contributed by atoms with E-state index in [9.17, 15) is 18.0 Å². The molecule has 0 fully saturated rings. The SMILES string of the molecule is CC(C)NC(=O)Nc1ccc(-c2noc(-c3ccc(C(F)(F)F)cc3)n2)cc1. The van der Waals surface area contributed by atoms with Gasteiger partial charge in [-0.25, -0.2) is 4.79 Å². The van der Waals surface area contributed by atoms with Crippen molar-refractivity contribution in [2.75, 3.05) is 5.32 Å². The van der Waals surface area contributed by atoms with E-state index < -0.39 is 11.7 Å². The van der Waals surface area contributed by atoms with Gasteiger partial charge < -0.3 is 15.2 Å². The summed E-state index contributed by atoms with van der Waals surface area (Å²) in [6.45, 7) is 3.71. The standard InChI is InChI=1S/C19H17F3N4O2/c1-11(2)23-18(27)24-15-9-5-12(6-10-15)16-25-17(28-26-16)13-3-7-14(8-4-13)19(20,21)22/h3-11H,1-2H3,(H2,23,24,27). The van der Waals surface area contributed by atoms with Crippen molar-refractivity contribution >= 4 is 11.7 Å². The van der Waals surface area contributed by atoms with Crippen LogP contribution in [0.15, 0.2) is 53.1 Å². The van der Waals surface area contributed by atoms with Crippen LogP contribution < -0.4 is 10.6 Å². The number of carbonyl (C=O) groups excluding carboxylic acids is 1. The molecule has 6 nitrogen and oxygen atoms in total. The van der Waals surface area contributed by atoms with Crippen LogP contribution in [0.1, 0.15) is 19.4 Å². The van der Waals surface area contributed by atoms with Gasteiger partial charge in [0.25, 0.3) is 5.89 Å². The normalized spacial score (nSPS) is 11.5. The maximum absolute atomic E-state index is 12.6. The van der Waals surface area contributed by atoms with E-state index >= 15 is 0 Å². The second kappa shape index (κ2) is 7.71. The molecule has 0 aliphatic heterocycles. The Bertz CT molecular complexity index is 949. The van der Waals surface area contributed by atoms with Gasteiger partial charge in [0.2, 0.25) is 5.82 Å². The molecule has 0 aliphatic carbocycles. The molecule has 2 aromatic carbocycles. The predicted octanol–water partition coefficient (Wildman–Crippen LogP) is 4.95. The van der Waals surface area contributed by atoms with Crippen molar-refractivity contribution in [2.24, 2.45) is 0 Å². The summed E-state index contributed by atoms with van der Waals surface area (Å²) in [5.41, 5.74) is 0.862. The first-order chi connectivity index (χ1) is 13.2. The molecule has 0 atom stereocenters. The van der Waals surface area contributed by atoms with E-state index in [2.05, 4.69) is 20.8 Å². The second-order valence-corrected chi connectivity index (χ2v) is 6.33. The van der Waals surface area contributed by atoms with Gasteiger partial charge in [-0.3, -0.25) is 0 Å². The minimum absolute atomic E-state index is 0.0159. The maximum Gasteiger partial charge on any atom is 0.416 e. The Morgan fingerprint density at radius 2 is 1.61 bits per heavy atom. The topological polar surface area (TPSA) is 80.0 Å². The average Bonchev–Trinajstić information content (AvgIpc) is 3.11. The van der Waals surface area contributed by atoms with Crippen molar-refractivity contribution in [1.82, 2.24) is 15.5 Å². The third-order valence-electron chi connectivity index (χ3n) is 3.71. The minimum atomic E-state index is -4.40. The lowest BCUT2D eigenvalue weighted by molar-refractivity contribution is -0.137. The first-order valence-corrected chi connectivity index (χ1v) is 8.41. The highest BCUT2D eigenvalue weighted by atomic mass is 19.4. The zero-order chi connectivity index (χ0) is 20.3. The van der Waals surface area contributed by atoms with Gasteiger partial charge in [0.15, 0.2) is 0 Å². The fourth-order valence-corrected chi connectivity index (χ4v) is 2.39. The molecule has 0 saturated heterocycles. The Kier molecular flexibility index (Phi) is 5.34. The Labute approximate surface area is 158 Å². The predicted molar refractivity (Wildman–Crippen MR) is 97.5 cm³/mol. The molecule has 146 valence electrons. The number of anilines is 1. The van der Waals surface area contributed by atoms with E-state index in [0.29, 0.717) is 16.8 Å². The Balaban J connectivity index is 1.72. The van der Waals surface area contributed by atoms with Crippen LogP contribution in [0.25, 0.3) is 22.8 Å².